The summed E-state index contributed by atoms with van der Waals surface area (Å²) in [4.78, 5) is 52.2. The molecule has 0 radical (unpaired) electrons. The number of hydrogen-bond acceptors (Lipinski definition) is 7. The fraction of sp³-hybridized carbons (Fsp3) is 0.462. The number of nitrogens with zero attached hydrogens (tertiary/aromatic N) is 4. The lowest BCUT2D eigenvalue weighted by atomic mass is 9.84. The van der Waals surface area contributed by atoms with Crippen molar-refractivity contribution in [2.24, 2.45) is 0 Å². The number of amides is 1. The van der Waals surface area contributed by atoms with Gasteiger partial charge >= 0.3 is 36.4 Å². The van der Waals surface area contributed by atoms with Crippen LogP contribution in [0, 0.1) is 0 Å². The number of carbonyl (C=O) groups excluding carboxylic acids is 1. The smallest absolute Gasteiger partial charge is 0.475 e. The van der Waals surface area contributed by atoms with Gasteiger partial charge in [0.15, 0.2) is 0 Å². The summed E-state index contributed by atoms with van der Waals surface area (Å²) < 4.78 is 95.2. The summed E-state index contributed by atoms with van der Waals surface area (Å²) >= 11 is 0. The van der Waals surface area contributed by atoms with Crippen LogP contribution in [0.25, 0.3) is 0 Å². The highest BCUT2D eigenvalue weighted by atomic mass is 19.4. The monoisotopic (exact) mass is 678 g/mol. The van der Waals surface area contributed by atoms with Crippen LogP contribution in [0.5, 0.6) is 0 Å². The molecule has 2 fully saturated rings. The summed E-state index contributed by atoms with van der Waals surface area (Å²) in [7, 11) is 0. The van der Waals surface area contributed by atoms with Crippen LogP contribution < -0.4 is 0 Å². The molecule has 2 aliphatic heterocycles. The zero-order valence-electron chi connectivity index (χ0n) is 23.4. The molecule has 3 N–H and O–H groups in total. The molecule has 0 saturated carbocycles. The number of halogens is 9. The topological polar surface area (TPSA) is 161 Å². The molecule has 1 amide bonds. The molecule has 0 atom stereocenters. The predicted octanol–water partition coefficient (Wildman–Crippen LogP) is 4.53. The number of carboxylic acid groups (broad SMARTS) is 3. The fourth-order valence-corrected chi connectivity index (χ4v) is 4.20. The minimum Gasteiger partial charge on any atom is -0.475 e. The molecule has 11 nitrogen and oxygen atoms in total. The van der Waals surface area contributed by atoms with Crippen LogP contribution in [0.1, 0.15) is 36.8 Å². The Bertz CT molecular complexity index is 1230. The average Bonchev–Trinajstić information content (AvgIpc) is 3.25. The highest BCUT2D eigenvalue weighted by Gasteiger charge is 2.46. The molecule has 256 valence electrons. The van der Waals surface area contributed by atoms with Gasteiger partial charge in [0, 0.05) is 62.9 Å². The normalized spacial score (nSPS) is 16.2. The van der Waals surface area contributed by atoms with Crippen molar-refractivity contribution in [3.63, 3.8) is 0 Å². The van der Waals surface area contributed by atoms with Gasteiger partial charge in [0.1, 0.15) is 0 Å². The lowest BCUT2D eigenvalue weighted by Gasteiger charge is -2.45. The second-order valence-electron chi connectivity index (χ2n) is 9.61. The number of aliphatic carboxylic acids is 3. The Labute approximate surface area is 254 Å². The van der Waals surface area contributed by atoms with E-state index in [4.69, 9.17) is 29.7 Å². The summed E-state index contributed by atoms with van der Waals surface area (Å²) in [6.07, 6.45) is -4.06. The third-order valence-corrected chi connectivity index (χ3v) is 6.38. The summed E-state index contributed by atoms with van der Waals surface area (Å²) in [6, 6.07) is 8.13. The summed E-state index contributed by atoms with van der Waals surface area (Å²) in [5.74, 6) is -7.97. The first-order valence-electron chi connectivity index (χ1n) is 12.8. The van der Waals surface area contributed by atoms with Crippen LogP contribution in [-0.4, -0.2) is 96.1 Å². The van der Waals surface area contributed by atoms with Gasteiger partial charge < -0.3 is 20.2 Å². The third-order valence-electron chi connectivity index (χ3n) is 6.38. The van der Waals surface area contributed by atoms with E-state index in [2.05, 4.69) is 31.9 Å². The predicted molar refractivity (Wildman–Crippen MR) is 137 cm³/mol. The van der Waals surface area contributed by atoms with E-state index in [-0.39, 0.29) is 5.54 Å². The summed E-state index contributed by atoms with van der Waals surface area (Å²) in [6.45, 7) is 3.70. The first kappa shape index (κ1) is 39.5. The Balaban J connectivity index is 0.000000413. The van der Waals surface area contributed by atoms with Gasteiger partial charge in [-0.3, -0.25) is 19.7 Å². The average molecular weight is 679 g/mol. The highest BCUT2D eigenvalue weighted by molar-refractivity contribution is 5.79. The van der Waals surface area contributed by atoms with Crippen molar-refractivity contribution >= 4 is 23.8 Å². The minimum absolute atomic E-state index is 0.0400. The van der Waals surface area contributed by atoms with Gasteiger partial charge in [0.2, 0.25) is 5.91 Å². The van der Waals surface area contributed by atoms with Gasteiger partial charge in [-0.1, -0.05) is 12.1 Å². The second-order valence-corrected chi connectivity index (χ2v) is 9.61. The molecule has 1 spiro atoms. The van der Waals surface area contributed by atoms with E-state index in [1.165, 1.54) is 5.56 Å². The Morgan fingerprint density at radius 1 is 0.696 bits per heavy atom. The van der Waals surface area contributed by atoms with E-state index < -0.39 is 36.4 Å². The Hall–Kier alpha value is -4.49. The highest BCUT2D eigenvalue weighted by Crippen LogP contribution is 2.40. The summed E-state index contributed by atoms with van der Waals surface area (Å²) in [5.41, 5.74) is 2.42. The van der Waals surface area contributed by atoms with E-state index in [1.54, 1.807) is 6.20 Å². The molecule has 0 aromatic carbocycles. The minimum atomic E-state index is -5.08. The van der Waals surface area contributed by atoms with Crippen LogP contribution in [0.15, 0.2) is 49.1 Å². The van der Waals surface area contributed by atoms with Gasteiger partial charge in [0.25, 0.3) is 0 Å². The van der Waals surface area contributed by atoms with Crippen LogP contribution in [0.4, 0.5) is 39.5 Å². The molecule has 2 saturated heterocycles. The van der Waals surface area contributed by atoms with Crippen LogP contribution in [0.2, 0.25) is 0 Å². The van der Waals surface area contributed by atoms with E-state index in [0.717, 1.165) is 44.5 Å². The van der Waals surface area contributed by atoms with E-state index in [0.29, 0.717) is 18.9 Å². The number of carbonyl (C=O) groups is 4. The van der Waals surface area contributed by atoms with E-state index in [1.807, 2.05) is 30.7 Å². The van der Waals surface area contributed by atoms with E-state index in [9.17, 15) is 44.3 Å². The van der Waals surface area contributed by atoms with Crippen molar-refractivity contribution < 1.29 is 74.0 Å². The van der Waals surface area contributed by atoms with Crippen molar-refractivity contribution in [1.82, 2.24) is 19.8 Å². The number of hydrogen-bond donors (Lipinski definition) is 3. The third kappa shape index (κ3) is 13.7. The first-order valence-corrected chi connectivity index (χ1v) is 12.8. The van der Waals surface area contributed by atoms with E-state index >= 15 is 0 Å². The number of pyridine rings is 2. The number of likely N-dealkylation sites (tertiary alicyclic amines) is 2. The molecule has 46 heavy (non-hydrogen) atoms. The number of carboxylic acids is 3. The molecule has 20 heteroatoms. The van der Waals surface area contributed by atoms with Gasteiger partial charge in [0.05, 0.1) is 0 Å². The maximum Gasteiger partial charge on any atom is 0.490 e. The molecule has 2 aromatic rings. The molecule has 2 aliphatic rings. The lowest BCUT2D eigenvalue weighted by Crippen LogP contribution is -2.52. The standard InChI is InChI=1S/C20H24N4O.3C2HF3O2/c25-19-5-6-20(24(19)16-18-4-2-10-22-14-18)7-11-23(12-8-20)15-17-3-1-9-21-13-17;3*3-2(4,5)1(6)7/h1-4,9-10,13-14H,5-8,11-12,15-16H2;3*(H,6,7). The SMILES string of the molecule is O=C(O)C(F)(F)F.O=C(O)C(F)(F)F.O=C(O)C(F)(F)F.O=C1CCC2(CCN(Cc3cccnc3)CC2)N1Cc1cccnc1. The molecular weight excluding hydrogens is 651 g/mol. The largest absolute Gasteiger partial charge is 0.490 e. The summed E-state index contributed by atoms with van der Waals surface area (Å²) in [5, 5.41) is 21.4. The fourth-order valence-electron chi connectivity index (χ4n) is 4.20. The Morgan fingerprint density at radius 3 is 1.39 bits per heavy atom. The maximum absolute atomic E-state index is 12.5. The van der Waals surface area contributed by atoms with Crippen molar-refractivity contribution in [3.05, 3.63) is 60.2 Å². The second kappa shape index (κ2) is 16.7. The molecule has 4 rings (SSSR count). The number of rotatable bonds is 4. The molecule has 0 unspecified atom stereocenters. The zero-order valence-corrected chi connectivity index (χ0v) is 23.4. The lowest BCUT2D eigenvalue weighted by molar-refractivity contribution is -0.193. The van der Waals surface area contributed by atoms with Gasteiger partial charge in [-0.25, -0.2) is 14.4 Å². The molecule has 0 aliphatic carbocycles. The Kier molecular flexibility index (Phi) is 14.4. The van der Waals surface area contributed by atoms with Crippen LogP contribution >= 0.6 is 0 Å². The first-order chi connectivity index (χ1) is 21.1. The van der Waals surface area contributed by atoms with Crippen molar-refractivity contribution in [2.75, 3.05) is 13.1 Å². The van der Waals surface area contributed by atoms with Gasteiger partial charge in [-0.05, 0) is 42.5 Å². The van der Waals surface area contributed by atoms with Gasteiger partial charge in [-0.2, -0.15) is 39.5 Å². The van der Waals surface area contributed by atoms with Crippen molar-refractivity contribution in [3.8, 4) is 0 Å². The maximum atomic E-state index is 12.5. The molecule has 0 bridgehead atoms. The van der Waals surface area contributed by atoms with Crippen LogP contribution in [-0.2, 0) is 32.3 Å². The zero-order chi connectivity index (χ0) is 35.3. The Morgan fingerprint density at radius 2 is 1.07 bits per heavy atom. The van der Waals surface area contributed by atoms with Crippen LogP contribution in [0.3, 0.4) is 0 Å². The molecule has 2 aromatic heterocycles. The number of piperidine rings is 1. The van der Waals surface area contributed by atoms with Crippen molar-refractivity contribution in [2.45, 2.75) is 62.8 Å². The quantitative estimate of drug-likeness (QED) is 0.392. The van der Waals surface area contributed by atoms with Gasteiger partial charge in [-0.15, -0.1) is 0 Å². The number of alkyl halides is 9. The number of aromatic nitrogens is 2. The molecule has 4 heterocycles. The van der Waals surface area contributed by atoms with Crippen molar-refractivity contribution in [1.29, 1.82) is 0 Å². The molecular formula is C26H27F9N4O7.